The average molecular weight is 1400 g/mol. The first-order valence-corrected chi connectivity index (χ1v) is 32.6. The SMILES string of the molecule is CC(=O)OOC(C)=O.CC(=O)[O-].CCCCc1ccc(CO)c(CO)c1.COCCOCCOCCOc1ccc(C(C#N)(CCC=O)C(C)C)cc1CO.COCCOCCOCCOc1ccc(C(C#N)(CCCN(C)CCc2ccc(OC)c(OC)c2)C(C)C)cc1CO.[B].[Na+]. The first kappa shape index (κ1) is 96.9. The molecular formula is C73H110BN3NaO21. The molecule has 4 aromatic carbocycles. The van der Waals surface area contributed by atoms with E-state index >= 15 is 0 Å². The van der Waals surface area contributed by atoms with E-state index in [4.69, 9.17) is 67.5 Å². The van der Waals surface area contributed by atoms with Crippen molar-refractivity contribution in [1.82, 2.24) is 4.90 Å². The molecule has 0 aromatic heterocycles. The minimum Gasteiger partial charge on any atom is -0.550 e. The van der Waals surface area contributed by atoms with E-state index in [2.05, 4.69) is 60.7 Å². The molecule has 0 heterocycles. The fourth-order valence-corrected chi connectivity index (χ4v) is 9.64. The molecule has 547 valence electrons. The first-order chi connectivity index (χ1) is 46.6. The molecule has 0 bridgehead atoms. The maximum absolute atomic E-state index is 10.9. The number of rotatable bonds is 43. The monoisotopic (exact) mass is 1400 g/mol. The van der Waals surface area contributed by atoms with Crippen molar-refractivity contribution < 1.29 is 131 Å². The van der Waals surface area contributed by atoms with Gasteiger partial charge in [-0.05, 0) is 141 Å². The smallest absolute Gasteiger partial charge is 0.550 e. The van der Waals surface area contributed by atoms with E-state index in [1.807, 2.05) is 68.4 Å². The van der Waals surface area contributed by atoms with Gasteiger partial charge < -0.3 is 87.4 Å². The number of aliphatic hydroxyl groups is 4. The van der Waals surface area contributed by atoms with Gasteiger partial charge in [0.05, 0.1) is 130 Å². The molecule has 0 aliphatic heterocycles. The van der Waals surface area contributed by atoms with E-state index < -0.39 is 28.7 Å². The van der Waals surface area contributed by atoms with Gasteiger partial charge in [-0.3, -0.25) is 0 Å². The molecular weight excluding hydrogens is 1290 g/mol. The van der Waals surface area contributed by atoms with E-state index in [9.17, 15) is 35.1 Å². The van der Waals surface area contributed by atoms with Gasteiger partial charge in [-0.15, -0.1) is 0 Å². The number of unbranched alkanes of at least 4 members (excludes halogenated alkanes) is 1. The summed E-state index contributed by atoms with van der Waals surface area (Å²) in [4.78, 5) is 49.4. The Kier molecular flexibility index (Phi) is 58.2. The maximum atomic E-state index is 10.9. The molecule has 4 aromatic rings. The summed E-state index contributed by atoms with van der Waals surface area (Å²) in [6.45, 7) is 20.6. The number of aliphatic carboxylic acids is 1. The molecule has 26 heteroatoms. The summed E-state index contributed by atoms with van der Waals surface area (Å²) in [7, 11) is 8.65. The quantitative estimate of drug-likeness (QED) is 0.0154. The van der Waals surface area contributed by atoms with E-state index in [-0.39, 0.29) is 76.2 Å². The van der Waals surface area contributed by atoms with Crippen molar-refractivity contribution in [2.75, 3.05) is 128 Å². The van der Waals surface area contributed by atoms with E-state index in [1.54, 1.807) is 40.6 Å². The van der Waals surface area contributed by atoms with Gasteiger partial charge in [0, 0.05) is 66.5 Å². The number of likely N-dealkylation sites (N-methyl/N-ethyl adjacent to an activating group) is 1. The van der Waals surface area contributed by atoms with Crippen LogP contribution in [-0.4, -0.2) is 186 Å². The van der Waals surface area contributed by atoms with E-state index in [1.165, 1.54) is 24.0 Å². The van der Waals surface area contributed by atoms with Gasteiger partial charge in [0.25, 0.3) is 0 Å². The van der Waals surface area contributed by atoms with Crippen molar-refractivity contribution in [3.8, 4) is 35.1 Å². The zero-order valence-electron chi connectivity index (χ0n) is 61.2. The number of aldehydes is 1. The molecule has 0 aliphatic rings. The fraction of sp³-hybridized carbons (Fsp3) is 0.589. The molecule has 2 atom stereocenters. The second kappa shape index (κ2) is 59.5. The second-order valence-corrected chi connectivity index (χ2v) is 22.8. The van der Waals surface area contributed by atoms with Crippen molar-refractivity contribution in [2.24, 2.45) is 11.8 Å². The van der Waals surface area contributed by atoms with Crippen LogP contribution in [0.1, 0.15) is 138 Å². The van der Waals surface area contributed by atoms with Crippen LogP contribution in [0, 0.1) is 34.5 Å². The first-order valence-electron chi connectivity index (χ1n) is 32.6. The number of carbonyl (C=O) groups excluding carboxylic acids is 4. The molecule has 0 aliphatic carbocycles. The minimum absolute atomic E-state index is 0. The molecule has 24 nitrogen and oxygen atoms in total. The number of methoxy groups -OCH3 is 4. The topological polar surface area (TPSA) is 334 Å². The Labute approximate surface area is 612 Å². The average Bonchev–Trinajstić information content (AvgIpc) is 0.798. The molecule has 99 heavy (non-hydrogen) atoms. The van der Waals surface area contributed by atoms with Crippen LogP contribution in [0.3, 0.4) is 0 Å². The number of benzene rings is 4. The number of nitriles is 2. The number of nitrogens with zero attached hydrogens (tertiary/aromatic N) is 3. The third-order valence-corrected chi connectivity index (χ3v) is 15.1. The van der Waals surface area contributed by atoms with Crippen LogP contribution in [0.25, 0.3) is 0 Å². The molecule has 4 rings (SSSR count). The third-order valence-electron chi connectivity index (χ3n) is 15.1. The summed E-state index contributed by atoms with van der Waals surface area (Å²) in [6.07, 6.45) is 7.46. The maximum Gasteiger partial charge on any atom is 1.00 e. The van der Waals surface area contributed by atoms with Crippen LogP contribution in [-0.2, 0) is 107 Å². The van der Waals surface area contributed by atoms with Gasteiger partial charge in [0.1, 0.15) is 31.0 Å². The van der Waals surface area contributed by atoms with Crippen molar-refractivity contribution in [1.29, 1.82) is 10.5 Å². The largest absolute Gasteiger partial charge is 1.00 e. The Balaban J connectivity index is -0.00000138. The van der Waals surface area contributed by atoms with Crippen molar-refractivity contribution in [3.05, 3.63) is 117 Å². The summed E-state index contributed by atoms with van der Waals surface area (Å²) in [5, 5.41) is 67.1. The van der Waals surface area contributed by atoms with Crippen molar-refractivity contribution >= 4 is 32.6 Å². The number of carboxylic acids is 1. The molecule has 2 unspecified atom stereocenters. The summed E-state index contributed by atoms with van der Waals surface area (Å²) in [5.74, 6) is 0.376. The van der Waals surface area contributed by atoms with Crippen LogP contribution in [0.4, 0.5) is 0 Å². The second-order valence-electron chi connectivity index (χ2n) is 22.8. The summed E-state index contributed by atoms with van der Waals surface area (Å²) >= 11 is 0. The molecule has 0 saturated heterocycles. The third kappa shape index (κ3) is 40.1. The van der Waals surface area contributed by atoms with Crippen LogP contribution < -0.4 is 53.6 Å². The number of hydrogen-bond donors (Lipinski definition) is 4. The van der Waals surface area contributed by atoms with Gasteiger partial charge in [-0.2, -0.15) is 10.5 Å². The molecule has 3 radical (unpaired) electrons. The number of carboxylic acid groups (broad SMARTS) is 1. The summed E-state index contributed by atoms with van der Waals surface area (Å²) in [6, 6.07) is 28.1. The normalized spacial score (nSPS) is 11.6. The van der Waals surface area contributed by atoms with Gasteiger partial charge in [-0.25, -0.2) is 19.4 Å². The summed E-state index contributed by atoms with van der Waals surface area (Å²) in [5.41, 5.74) is 5.63. The molecule has 0 amide bonds. The molecule has 0 saturated carbocycles. The fourth-order valence-electron chi connectivity index (χ4n) is 9.64. The number of aryl methyl sites for hydroxylation is 1. The number of carbonyl (C=O) groups is 4. The predicted molar refractivity (Wildman–Crippen MR) is 369 cm³/mol. The Morgan fingerprint density at radius 2 is 0.939 bits per heavy atom. The molecule has 0 spiro atoms. The zero-order valence-corrected chi connectivity index (χ0v) is 63.2. The van der Waals surface area contributed by atoms with Crippen LogP contribution in [0.2, 0.25) is 0 Å². The molecule has 4 N–H and O–H groups in total. The van der Waals surface area contributed by atoms with E-state index in [0.29, 0.717) is 121 Å². The van der Waals surface area contributed by atoms with Gasteiger partial charge in [0.2, 0.25) is 0 Å². The van der Waals surface area contributed by atoms with Gasteiger partial charge in [-0.1, -0.05) is 77.4 Å². The summed E-state index contributed by atoms with van der Waals surface area (Å²) < 4.78 is 53.9. The molecule has 0 fully saturated rings. The predicted octanol–water partition coefficient (Wildman–Crippen LogP) is 4.68. The Morgan fingerprint density at radius 3 is 1.32 bits per heavy atom. The van der Waals surface area contributed by atoms with Crippen molar-refractivity contribution in [2.45, 2.75) is 144 Å². The standard InChI is InChI=1S/C33H50N2O7.C22H33NO6.C12H18O2.C4H6O4.C2H4O2.B.Na/c1-26(2)33(25-34,13-7-14-35(3)15-12-27-8-10-31(38-5)32(22-27)39-6)29-9-11-30(28(23-29)24-36)42-21-20-41-19-18-40-17-16-37-4;1-18(2)22(17-23,7-4-8-24)20-5-6-21(19(15-20)16-25)29-14-13-28-12-11-27-10-9-26-3;1-2-3-4-10-5-6-11(8-13)12(7-10)9-14;1-3(5)7-8-4(2)6;1-2(3)4;;/h8-11,22-23,26,36H,7,12-21,24H2,1-6H3;5-6,8,15,18,25H,4,7,9-14,16H2,1-3H3;5-7,13-14H,2-4,8-9H2,1H3;1-2H3;1H3,(H,3,4);;/q;;;;;;+1/p-1. The Hall–Kier alpha value is -6.24. The zero-order chi connectivity index (χ0) is 72.9. The van der Waals surface area contributed by atoms with Crippen LogP contribution >= 0.6 is 0 Å². The van der Waals surface area contributed by atoms with Gasteiger partial charge >= 0.3 is 41.5 Å². The van der Waals surface area contributed by atoms with Crippen LogP contribution in [0.5, 0.6) is 23.0 Å². The Bertz CT molecular complexity index is 2880. The Morgan fingerprint density at radius 1 is 0.535 bits per heavy atom. The number of aliphatic hydroxyl groups excluding tert-OH is 4. The minimum atomic E-state index is -1.08. The number of ether oxygens (including phenoxy) is 10. The number of hydrogen-bond acceptors (Lipinski definition) is 24. The van der Waals surface area contributed by atoms with Crippen LogP contribution in [0.15, 0.2) is 72.8 Å². The van der Waals surface area contributed by atoms with Crippen molar-refractivity contribution in [3.63, 3.8) is 0 Å². The van der Waals surface area contributed by atoms with Gasteiger partial charge in [0.15, 0.2) is 11.5 Å². The van der Waals surface area contributed by atoms with E-state index in [0.717, 1.165) is 93.2 Å².